The molecule has 0 saturated heterocycles. The van der Waals surface area contributed by atoms with Gasteiger partial charge < -0.3 is 0 Å². The molecular formula is C12H17FN2. The van der Waals surface area contributed by atoms with Crippen LogP contribution in [0.1, 0.15) is 50.7 Å². The lowest BCUT2D eigenvalue weighted by atomic mass is 9.93. The third-order valence-electron chi connectivity index (χ3n) is 2.80. The molecule has 0 aromatic carbocycles. The van der Waals surface area contributed by atoms with E-state index in [1.807, 2.05) is 20.8 Å². The van der Waals surface area contributed by atoms with E-state index in [2.05, 4.69) is 9.97 Å². The lowest BCUT2D eigenvalue weighted by molar-refractivity contribution is 0.476. The van der Waals surface area contributed by atoms with Crippen LogP contribution >= 0.6 is 0 Å². The molecule has 0 bridgehead atoms. The van der Waals surface area contributed by atoms with Crippen LogP contribution in [0.5, 0.6) is 0 Å². The molecule has 1 aromatic heterocycles. The Labute approximate surface area is 89.9 Å². The first kappa shape index (κ1) is 10.5. The Morgan fingerprint density at radius 3 is 2.40 bits per heavy atom. The summed E-state index contributed by atoms with van der Waals surface area (Å²) in [7, 11) is 0. The molecule has 0 N–H and O–H groups in total. The Bertz CT molecular complexity index is 380. The maximum absolute atomic E-state index is 13.7. The van der Waals surface area contributed by atoms with E-state index in [0.717, 1.165) is 36.9 Å². The molecule has 15 heavy (non-hydrogen) atoms. The van der Waals surface area contributed by atoms with Crippen molar-refractivity contribution in [2.24, 2.45) is 0 Å². The molecule has 1 aromatic rings. The van der Waals surface area contributed by atoms with E-state index in [0.29, 0.717) is 5.82 Å². The predicted octanol–water partition coefficient (Wildman–Crippen LogP) is 2.79. The minimum absolute atomic E-state index is 0.173. The van der Waals surface area contributed by atoms with Crippen molar-refractivity contribution < 1.29 is 4.39 Å². The highest BCUT2D eigenvalue weighted by Gasteiger charge is 2.23. The van der Waals surface area contributed by atoms with Gasteiger partial charge in [-0.1, -0.05) is 20.8 Å². The van der Waals surface area contributed by atoms with Crippen molar-refractivity contribution in [1.29, 1.82) is 0 Å². The van der Waals surface area contributed by atoms with Crippen molar-refractivity contribution in [2.75, 3.05) is 0 Å². The SMILES string of the molecule is CC(C)(C)c1nc(F)c2c(n1)CCCC2. The van der Waals surface area contributed by atoms with Crippen LogP contribution in [0.2, 0.25) is 0 Å². The topological polar surface area (TPSA) is 25.8 Å². The standard InChI is InChI=1S/C12H17FN2/c1-12(2,3)11-14-9-7-5-4-6-8(9)10(13)15-11/h4-7H2,1-3H3. The van der Waals surface area contributed by atoms with Crippen LogP contribution < -0.4 is 0 Å². The number of nitrogens with zero attached hydrogens (tertiary/aromatic N) is 2. The largest absolute Gasteiger partial charge is 0.237 e. The van der Waals surface area contributed by atoms with E-state index in [4.69, 9.17) is 0 Å². The minimum Gasteiger partial charge on any atom is -0.237 e. The van der Waals surface area contributed by atoms with E-state index in [1.54, 1.807) is 0 Å². The maximum Gasteiger partial charge on any atom is 0.219 e. The minimum atomic E-state index is -0.301. The maximum atomic E-state index is 13.7. The summed E-state index contributed by atoms with van der Waals surface area (Å²) in [5.41, 5.74) is 1.50. The number of rotatable bonds is 0. The molecular weight excluding hydrogens is 191 g/mol. The van der Waals surface area contributed by atoms with Crippen LogP contribution in [0, 0.1) is 5.95 Å². The molecule has 0 spiro atoms. The van der Waals surface area contributed by atoms with Gasteiger partial charge in [-0.25, -0.2) is 9.97 Å². The molecule has 1 aliphatic rings. The first-order chi connectivity index (χ1) is 6.98. The zero-order valence-electron chi connectivity index (χ0n) is 9.60. The van der Waals surface area contributed by atoms with Gasteiger partial charge in [-0.2, -0.15) is 4.39 Å². The second-order valence-electron chi connectivity index (χ2n) is 5.22. The van der Waals surface area contributed by atoms with Crippen LogP contribution in [-0.4, -0.2) is 9.97 Å². The molecule has 3 heteroatoms. The van der Waals surface area contributed by atoms with Crippen molar-refractivity contribution in [1.82, 2.24) is 9.97 Å². The normalized spacial score (nSPS) is 16.3. The average Bonchev–Trinajstić information content (AvgIpc) is 2.16. The molecule has 1 aliphatic carbocycles. The molecule has 1 heterocycles. The zero-order chi connectivity index (χ0) is 11.1. The smallest absolute Gasteiger partial charge is 0.219 e. The van der Waals surface area contributed by atoms with Gasteiger partial charge in [-0.15, -0.1) is 0 Å². The van der Waals surface area contributed by atoms with Crippen LogP contribution in [0.4, 0.5) is 4.39 Å². The van der Waals surface area contributed by atoms with Gasteiger partial charge in [0.1, 0.15) is 5.82 Å². The third-order valence-corrected chi connectivity index (χ3v) is 2.80. The van der Waals surface area contributed by atoms with Crippen LogP contribution in [0.15, 0.2) is 0 Å². The van der Waals surface area contributed by atoms with E-state index >= 15 is 0 Å². The summed E-state index contributed by atoms with van der Waals surface area (Å²) < 4.78 is 13.7. The third kappa shape index (κ3) is 2.01. The van der Waals surface area contributed by atoms with Crippen LogP contribution in [0.3, 0.4) is 0 Å². The average molecular weight is 208 g/mol. The van der Waals surface area contributed by atoms with Crippen molar-refractivity contribution in [3.63, 3.8) is 0 Å². The van der Waals surface area contributed by atoms with Gasteiger partial charge in [0.2, 0.25) is 5.95 Å². The molecule has 0 unspecified atom stereocenters. The van der Waals surface area contributed by atoms with Gasteiger partial charge >= 0.3 is 0 Å². The molecule has 0 amide bonds. The fourth-order valence-electron chi connectivity index (χ4n) is 1.88. The van der Waals surface area contributed by atoms with E-state index < -0.39 is 0 Å². The molecule has 0 aliphatic heterocycles. The molecule has 0 saturated carbocycles. The summed E-state index contributed by atoms with van der Waals surface area (Å²) in [6.45, 7) is 6.03. The van der Waals surface area contributed by atoms with Gasteiger partial charge in [0.05, 0.1) is 5.69 Å². The Kier molecular flexibility index (Phi) is 2.49. The van der Waals surface area contributed by atoms with Gasteiger partial charge in [0, 0.05) is 11.0 Å². The van der Waals surface area contributed by atoms with Gasteiger partial charge in [0.25, 0.3) is 0 Å². The van der Waals surface area contributed by atoms with Gasteiger partial charge in [0.15, 0.2) is 0 Å². The number of aromatic nitrogens is 2. The number of fused-ring (bicyclic) bond motifs is 1. The molecule has 2 rings (SSSR count). The van der Waals surface area contributed by atoms with Crippen molar-refractivity contribution in [2.45, 2.75) is 51.9 Å². The summed E-state index contributed by atoms with van der Waals surface area (Å²) in [5.74, 6) is 0.324. The number of aryl methyl sites for hydroxylation is 1. The second kappa shape index (κ2) is 3.54. The van der Waals surface area contributed by atoms with E-state index in [-0.39, 0.29) is 11.4 Å². The van der Waals surface area contributed by atoms with Crippen LogP contribution in [-0.2, 0) is 18.3 Å². The summed E-state index contributed by atoms with van der Waals surface area (Å²) in [4.78, 5) is 8.47. The summed E-state index contributed by atoms with van der Waals surface area (Å²) in [5, 5.41) is 0. The predicted molar refractivity (Wildman–Crippen MR) is 57.3 cm³/mol. The summed E-state index contributed by atoms with van der Waals surface area (Å²) in [6.07, 6.45) is 3.87. The first-order valence-corrected chi connectivity index (χ1v) is 5.54. The van der Waals surface area contributed by atoms with Crippen molar-refractivity contribution >= 4 is 0 Å². The molecule has 2 nitrogen and oxygen atoms in total. The number of hydrogen-bond acceptors (Lipinski definition) is 2. The molecule has 0 radical (unpaired) electrons. The number of hydrogen-bond donors (Lipinski definition) is 0. The van der Waals surface area contributed by atoms with Crippen molar-refractivity contribution in [3.8, 4) is 0 Å². The fraction of sp³-hybridized carbons (Fsp3) is 0.667. The summed E-state index contributed by atoms with van der Waals surface area (Å²) >= 11 is 0. The Balaban J connectivity index is 2.50. The highest BCUT2D eigenvalue weighted by atomic mass is 19.1. The van der Waals surface area contributed by atoms with Crippen LogP contribution in [0.25, 0.3) is 0 Å². The highest BCUT2D eigenvalue weighted by Crippen LogP contribution is 2.25. The van der Waals surface area contributed by atoms with E-state index in [1.165, 1.54) is 0 Å². The second-order valence-corrected chi connectivity index (χ2v) is 5.22. The molecule has 82 valence electrons. The monoisotopic (exact) mass is 208 g/mol. The quantitative estimate of drug-likeness (QED) is 0.613. The van der Waals surface area contributed by atoms with E-state index in [9.17, 15) is 4.39 Å². The lowest BCUT2D eigenvalue weighted by Gasteiger charge is -2.21. The Morgan fingerprint density at radius 1 is 1.07 bits per heavy atom. The molecule has 0 atom stereocenters. The van der Waals surface area contributed by atoms with Gasteiger partial charge in [-0.3, -0.25) is 0 Å². The Morgan fingerprint density at radius 2 is 1.73 bits per heavy atom. The number of halogens is 1. The molecule has 0 fully saturated rings. The van der Waals surface area contributed by atoms with Gasteiger partial charge in [-0.05, 0) is 25.7 Å². The zero-order valence-corrected chi connectivity index (χ0v) is 9.60. The first-order valence-electron chi connectivity index (χ1n) is 5.54. The summed E-state index contributed by atoms with van der Waals surface area (Å²) in [6, 6.07) is 0. The fourth-order valence-corrected chi connectivity index (χ4v) is 1.88. The van der Waals surface area contributed by atoms with Crippen molar-refractivity contribution in [3.05, 3.63) is 23.0 Å². The lowest BCUT2D eigenvalue weighted by Crippen LogP contribution is -2.21. The Hall–Kier alpha value is -0.990. The highest BCUT2D eigenvalue weighted by molar-refractivity contribution is 5.23.